The number of rotatable bonds is 3. The second kappa shape index (κ2) is 4.46. The van der Waals surface area contributed by atoms with E-state index >= 15 is 0 Å². The lowest BCUT2D eigenvalue weighted by Gasteiger charge is -2.02. The van der Waals surface area contributed by atoms with Crippen LogP contribution < -0.4 is 0 Å². The lowest BCUT2D eigenvalue weighted by atomic mass is 10.2. The molecule has 4 heteroatoms. The lowest BCUT2D eigenvalue weighted by molar-refractivity contribution is 0.109. The van der Waals surface area contributed by atoms with E-state index in [1.54, 1.807) is 6.07 Å². The highest BCUT2D eigenvalue weighted by atomic mass is 79.9. The maximum Gasteiger partial charge on any atom is 0.185 e. The van der Waals surface area contributed by atoms with Gasteiger partial charge in [-0.3, -0.25) is 4.79 Å². The first-order valence-electron chi connectivity index (χ1n) is 5.54. The topological polar surface area (TPSA) is 35.1 Å². The fourth-order valence-electron chi connectivity index (χ4n) is 2.02. The van der Waals surface area contributed by atoms with Crippen LogP contribution in [0.2, 0.25) is 0 Å². The molecule has 0 radical (unpaired) electrons. The normalized spacial score (nSPS) is 10.9. The standard InChI is InChI=1S/C14H10BrNO2/c15-11-1-4-14-10(7-11)5-6-16(14)8-12-2-3-13(9-17)18-12/h1-7,9H,8H2. The third kappa shape index (κ3) is 1.99. The Morgan fingerprint density at radius 1 is 1.22 bits per heavy atom. The van der Waals surface area contributed by atoms with Gasteiger partial charge in [0.1, 0.15) is 5.76 Å². The van der Waals surface area contributed by atoms with Crippen molar-refractivity contribution >= 4 is 33.1 Å². The first-order valence-corrected chi connectivity index (χ1v) is 6.34. The maximum absolute atomic E-state index is 10.6. The summed E-state index contributed by atoms with van der Waals surface area (Å²) in [6.45, 7) is 0.624. The molecule has 0 bridgehead atoms. The van der Waals surface area contributed by atoms with Gasteiger partial charge in [0.05, 0.1) is 6.54 Å². The molecular formula is C14H10BrNO2. The van der Waals surface area contributed by atoms with Crippen LogP contribution in [0.15, 0.2) is 51.5 Å². The molecule has 1 aromatic carbocycles. The van der Waals surface area contributed by atoms with Crippen LogP contribution in [0.5, 0.6) is 0 Å². The molecule has 0 atom stereocenters. The van der Waals surface area contributed by atoms with Gasteiger partial charge in [-0.05, 0) is 36.4 Å². The number of furan rings is 1. The zero-order valence-corrected chi connectivity index (χ0v) is 11.1. The SMILES string of the molecule is O=Cc1ccc(Cn2ccc3cc(Br)ccc32)o1. The molecule has 0 saturated heterocycles. The monoisotopic (exact) mass is 303 g/mol. The predicted octanol–water partition coefficient (Wildman–Crippen LogP) is 3.86. The second-order valence-corrected chi connectivity index (χ2v) is 4.98. The second-order valence-electron chi connectivity index (χ2n) is 4.07. The molecule has 0 amide bonds. The number of aldehydes is 1. The largest absolute Gasteiger partial charge is 0.456 e. The quantitative estimate of drug-likeness (QED) is 0.689. The number of carbonyl (C=O) groups excluding carboxylic acids is 1. The zero-order valence-electron chi connectivity index (χ0n) is 9.47. The summed E-state index contributed by atoms with van der Waals surface area (Å²) in [6, 6.07) is 11.7. The Labute approximate surface area is 112 Å². The summed E-state index contributed by atoms with van der Waals surface area (Å²) in [6.07, 6.45) is 2.73. The van der Waals surface area contributed by atoms with Gasteiger partial charge >= 0.3 is 0 Å². The number of fused-ring (bicyclic) bond motifs is 1. The summed E-state index contributed by atoms with van der Waals surface area (Å²) >= 11 is 3.45. The van der Waals surface area contributed by atoms with Crippen LogP contribution in [0.25, 0.3) is 10.9 Å². The summed E-state index contributed by atoms with van der Waals surface area (Å²) in [5.41, 5.74) is 1.14. The number of nitrogens with zero attached hydrogens (tertiary/aromatic N) is 1. The molecule has 90 valence electrons. The third-order valence-corrected chi connectivity index (χ3v) is 3.35. The minimum Gasteiger partial charge on any atom is -0.456 e. The minimum absolute atomic E-state index is 0.365. The van der Waals surface area contributed by atoms with E-state index in [2.05, 4.69) is 38.7 Å². The number of halogens is 1. The number of carbonyl (C=O) groups is 1. The van der Waals surface area contributed by atoms with E-state index in [9.17, 15) is 4.79 Å². The van der Waals surface area contributed by atoms with Crippen molar-refractivity contribution in [1.82, 2.24) is 4.57 Å². The van der Waals surface area contributed by atoms with Crippen molar-refractivity contribution in [3.05, 3.63) is 58.6 Å². The number of aromatic nitrogens is 1. The zero-order chi connectivity index (χ0) is 12.5. The molecule has 0 unspecified atom stereocenters. The third-order valence-electron chi connectivity index (χ3n) is 2.86. The predicted molar refractivity (Wildman–Crippen MR) is 72.8 cm³/mol. The first kappa shape index (κ1) is 11.3. The van der Waals surface area contributed by atoms with Crippen molar-refractivity contribution in [2.24, 2.45) is 0 Å². The first-order chi connectivity index (χ1) is 8.76. The van der Waals surface area contributed by atoms with Gasteiger partial charge in [0.15, 0.2) is 12.0 Å². The number of benzene rings is 1. The average Bonchev–Trinajstić information content (AvgIpc) is 2.97. The molecule has 18 heavy (non-hydrogen) atoms. The van der Waals surface area contributed by atoms with Crippen molar-refractivity contribution < 1.29 is 9.21 Å². The molecule has 3 rings (SSSR count). The Bertz CT molecular complexity index is 711. The van der Waals surface area contributed by atoms with E-state index < -0.39 is 0 Å². The fraction of sp³-hybridized carbons (Fsp3) is 0.0714. The molecule has 0 N–H and O–H groups in total. The van der Waals surface area contributed by atoms with Crippen molar-refractivity contribution in [3.8, 4) is 0 Å². The Kier molecular flexibility index (Phi) is 2.80. The molecule has 0 aliphatic rings. The van der Waals surface area contributed by atoms with Gasteiger partial charge in [-0.1, -0.05) is 15.9 Å². The van der Waals surface area contributed by atoms with Gasteiger partial charge < -0.3 is 8.98 Å². The van der Waals surface area contributed by atoms with E-state index in [1.165, 1.54) is 5.39 Å². The van der Waals surface area contributed by atoms with Gasteiger partial charge in [0, 0.05) is 21.6 Å². The number of hydrogen-bond acceptors (Lipinski definition) is 2. The Hall–Kier alpha value is -1.81. The summed E-state index contributed by atoms with van der Waals surface area (Å²) in [4.78, 5) is 10.6. The average molecular weight is 304 g/mol. The van der Waals surface area contributed by atoms with Crippen LogP contribution in [-0.4, -0.2) is 10.9 Å². The highest BCUT2D eigenvalue weighted by Crippen LogP contribution is 2.22. The molecular weight excluding hydrogens is 294 g/mol. The van der Waals surface area contributed by atoms with Gasteiger partial charge in [-0.15, -0.1) is 0 Å². The molecule has 0 aliphatic heterocycles. The van der Waals surface area contributed by atoms with Crippen LogP contribution in [0.3, 0.4) is 0 Å². The fourth-order valence-corrected chi connectivity index (χ4v) is 2.40. The Morgan fingerprint density at radius 3 is 2.89 bits per heavy atom. The molecule has 0 aliphatic carbocycles. The highest BCUT2D eigenvalue weighted by Gasteiger charge is 2.05. The van der Waals surface area contributed by atoms with Crippen LogP contribution in [-0.2, 0) is 6.54 Å². The minimum atomic E-state index is 0.365. The maximum atomic E-state index is 10.6. The molecule has 0 fully saturated rings. The summed E-state index contributed by atoms with van der Waals surface area (Å²) < 4.78 is 8.54. The van der Waals surface area contributed by atoms with E-state index in [4.69, 9.17) is 4.42 Å². The molecule has 2 aromatic heterocycles. The molecule has 0 saturated carbocycles. The molecule has 3 aromatic rings. The van der Waals surface area contributed by atoms with Crippen LogP contribution >= 0.6 is 15.9 Å². The van der Waals surface area contributed by atoms with Crippen LogP contribution in [0.1, 0.15) is 16.3 Å². The van der Waals surface area contributed by atoms with Crippen molar-refractivity contribution in [2.75, 3.05) is 0 Å². The van der Waals surface area contributed by atoms with Gasteiger partial charge in [-0.25, -0.2) is 0 Å². The van der Waals surface area contributed by atoms with E-state index in [0.29, 0.717) is 18.6 Å². The van der Waals surface area contributed by atoms with E-state index in [-0.39, 0.29) is 0 Å². The molecule has 3 nitrogen and oxygen atoms in total. The van der Waals surface area contributed by atoms with Gasteiger partial charge in [-0.2, -0.15) is 0 Å². The molecule has 2 heterocycles. The van der Waals surface area contributed by atoms with Gasteiger partial charge in [0.25, 0.3) is 0 Å². The summed E-state index contributed by atoms with van der Waals surface area (Å²) in [7, 11) is 0. The van der Waals surface area contributed by atoms with Crippen molar-refractivity contribution in [1.29, 1.82) is 0 Å². The van der Waals surface area contributed by atoms with Gasteiger partial charge in [0.2, 0.25) is 0 Å². The Morgan fingerprint density at radius 2 is 2.11 bits per heavy atom. The summed E-state index contributed by atoms with van der Waals surface area (Å²) in [5, 5.41) is 1.17. The van der Waals surface area contributed by atoms with E-state index in [0.717, 1.165) is 15.7 Å². The van der Waals surface area contributed by atoms with Crippen molar-refractivity contribution in [3.63, 3.8) is 0 Å². The summed E-state index contributed by atoms with van der Waals surface area (Å²) in [5.74, 6) is 1.14. The highest BCUT2D eigenvalue weighted by molar-refractivity contribution is 9.10. The smallest absolute Gasteiger partial charge is 0.185 e. The van der Waals surface area contributed by atoms with Crippen molar-refractivity contribution in [2.45, 2.75) is 6.54 Å². The van der Waals surface area contributed by atoms with E-state index in [1.807, 2.05) is 18.3 Å². The number of hydrogen-bond donors (Lipinski definition) is 0. The lowest BCUT2D eigenvalue weighted by Crippen LogP contribution is -1.96. The van der Waals surface area contributed by atoms with Crippen LogP contribution in [0.4, 0.5) is 0 Å². The van der Waals surface area contributed by atoms with Crippen LogP contribution in [0, 0.1) is 0 Å². The molecule has 0 spiro atoms. The Balaban J connectivity index is 1.97.